The Balaban J connectivity index is 1.91. The van der Waals surface area contributed by atoms with Crippen molar-refractivity contribution in [1.29, 1.82) is 0 Å². The van der Waals surface area contributed by atoms with Gasteiger partial charge in [-0.05, 0) is 25.7 Å². The molecule has 0 aliphatic heterocycles. The Kier molecular flexibility index (Phi) is 4.51. The summed E-state index contributed by atoms with van der Waals surface area (Å²) in [5.41, 5.74) is -0.552. The van der Waals surface area contributed by atoms with Crippen LogP contribution in [-0.4, -0.2) is 30.8 Å². The lowest BCUT2D eigenvalue weighted by atomic mass is 9.79. The second kappa shape index (κ2) is 5.83. The predicted octanol–water partition coefficient (Wildman–Crippen LogP) is 1.34. The predicted molar refractivity (Wildman–Crippen MR) is 74.4 cm³/mol. The molecule has 0 spiro atoms. The number of nitrogens with one attached hydrogen (secondary N) is 1. The van der Waals surface area contributed by atoms with E-state index in [1.54, 1.807) is 13.0 Å². The normalized spacial score (nSPS) is 27.6. The fourth-order valence-electron chi connectivity index (χ4n) is 2.77. The molecule has 2 unspecified atom stereocenters. The van der Waals surface area contributed by atoms with Gasteiger partial charge in [0.15, 0.2) is 0 Å². The fourth-order valence-corrected chi connectivity index (χ4v) is 3.88. The molecular formula is C13H22N2O4S. The molecule has 0 bridgehead atoms. The van der Waals surface area contributed by atoms with Crippen molar-refractivity contribution < 1.29 is 18.0 Å². The number of aryl methyl sites for hydroxylation is 1. The highest BCUT2D eigenvalue weighted by molar-refractivity contribution is 7.88. The van der Waals surface area contributed by atoms with Crippen LogP contribution in [0.2, 0.25) is 0 Å². The van der Waals surface area contributed by atoms with Gasteiger partial charge in [-0.15, -0.1) is 0 Å². The van der Waals surface area contributed by atoms with Crippen molar-refractivity contribution in [2.75, 3.05) is 6.54 Å². The molecule has 1 fully saturated rings. The van der Waals surface area contributed by atoms with Gasteiger partial charge in [-0.25, -0.2) is 13.1 Å². The number of rotatable bonds is 5. The van der Waals surface area contributed by atoms with Crippen LogP contribution in [0.3, 0.4) is 0 Å². The zero-order chi connectivity index (χ0) is 14.8. The zero-order valence-corrected chi connectivity index (χ0v) is 12.7. The first-order chi connectivity index (χ1) is 9.28. The van der Waals surface area contributed by atoms with Crippen molar-refractivity contribution >= 4 is 10.0 Å². The van der Waals surface area contributed by atoms with E-state index in [1.807, 2.05) is 0 Å². The van der Waals surface area contributed by atoms with E-state index in [1.165, 1.54) is 0 Å². The van der Waals surface area contributed by atoms with Crippen LogP contribution >= 0.6 is 0 Å². The van der Waals surface area contributed by atoms with Gasteiger partial charge in [0.1, 0.15) is 17.2 Å². The first kappa shape index (κ1) is 15.5. The number of sulfonamides is 1. The lowest BCUT2D eigenvalue weighted by Gasteiger charge is -2.35. The molecule has 1 aromatic rings. The van der Waals surface area contributed by atoms with Gasteiger partial charge in [0, 0.05) is 12.6 Å². The van der Waals surface area contributed by atoms with E-state index in [-0.39, 0.29) is 12.3 Å². The van der Waals surface area contributed by atoms with Crippen LogP contribution in [0.15, 0.2) is 10.6 Å². The molecule has 2 N–H and O–H groups in total. The van der Waals surface area contributed by atoms with E-state index in [4.69, 9.17) is 4.52 Å². The Morgan fingerprint density at radius 3 is 2.95 bits per heavy atom. The van der Waals surface area contributed by atoms with Crippen LogP contribution in [0.4, 0.5) is 0 Å². The summed E-state index contributed by atoms with van der Waals surface area (Å²) in [6.07, 6.45) is 3.30. The summed E-state index contributed by atoms with van der Waals surface area (Å²) in [6, 6.07) is 1.59. The second-order valence-electron chi connectivity index (χ2n) is 5.93. The average molecular weight is 302 g/mol. The first-order valence-electron chi connectivity index (χ1n) is 6.90. The minimum Gasteiger partial charge on any atom is -0.389 e. The molecule has 114 valence electrons. The van der Waals surface area contributed by atoms with Gasteiger partial charge in [-0.3, -0.25) is 0 Å². The van der Waals surface area contributed by atoms with Crippen LogP contribution in [0.25, 0.3) is 0 Å². The second-order valence-corrected chi connectivity index (χ2v) is 7.74. The molecule has 20 heavy (non-hydrogen) atoms. The summed E-state index contributed by atoms with van der Waals surface area (Å²) >= 11 is 0. The molecule has 2 rings (SSSR count). The first-order valence-corrected chi connectivity index (χ1v) is 8.55. The van der Waals surface area contributed by atoms with Gasteiger partial charge < -0.3 is 9.63 Å². The third-order valence-electron chi connectivity index (χ3n) is 3.70. The average Bonchev–Trinajstić information content (AvgIpc) is 2.72. The zero-order valence-electron chi connectivity index (χ0n) is 11.9. The van der Waals surface area contributed by atoms with Gasteiger partial charge in [-0.1, -0.05) is 24.9 Å². The number of aromatic nitrogens is 1. The Bertz CT molecular complexity index is 554. The monoisotopic (exact) mass is 302 g/mol. The SMILES string of the molecule is Cc1cc(CS(=O)(=O)NCC2(O)CCCC(C)C2)no1. The van der Waals surface area contributed by atoms with Crippen LogP contribution < -0.4 is 4.72 Å². The molecule has 1 aromatic heterocycles. The van der Waals surface area contributed by atoms with E-state index in [9.17, 15) is 13.5 Å². The molecule has 0 amide bonds. The smallest absolute Gasteiger partial charge is 0.217 e. The third-order valence-corrected chi connectivity index (χ3v) is 4.96. The largest absolute Gasteiger partial charge is 0.389 e. The van der Waals surface area contributed by atoms with Crippen LogP contribution in [0.5, 0.6) is 0 Å². The van der Waals surface area contributed by atoms with E-state index in [0.717, 1.165) is 12.8 Å². The van der Waals surface area contributed by atoms with Gasteiger partial charge in [0.2, 0.25) is 10.0 Å². The van der Waals surface area contributed by atoms with Crippen molar-refractivity contribution in [2.45, 2.75) is 50.9 Å². The molecule has 0 aromatic carbocycles. The minimum absolute atomic E-state index is 0.0660. The van der Waals surface area contributed by atoms with Crippen molar-refractivity contribution in [3.05, 3.63) is 17.5 Å². The number of aliphatic hydroxyl groups is 1. The molecule has 0 saturated heterocycles. The van der Waals surface area contributed by atoms with Crippen LogP contribution in [-0.2, 0) is 15.8 Å². The summed E-state index contributed by atoms with van der Waals surface area (Å²) in [4.78, 5) is 0. The van der Waals surface area contributed by atoms with Gasteiger partial charge >= 0.3 is 0 Å². The summed E-state index contributed by atoms with van der Waals surface area (Å²) in [5.74, 6) is 0.780. The van der Waals surface area contributed by atoms with Crippen molar-refractivity contribution in [3.8, 4) is 0 Å². The van der Waals surface area contributed by atoms with Gasteiger partial charge in [-0.2, -0.15) is 0 Å². The summed E-state index contributed by atoms with van der Waals surface area (Å²) in [7, 11) is -3.51. The van der Waals surface area contributed by atoms with E-state index in [2.05, 4.69) is 16.8 Å². The molecule has 1 heterocycles. The molecule has 0 radical (unpaired) electrons. The minimum atomic E-state index is -3.51. The topological polar surface area (TPSA) is 92.4 Å². The van der Waals surface area contributed by atoms with E-state index >= 15 is 0 Å². The summed E-state index contributed by atoms with van der Waals surface area (Å²) in [6.45, 7) is 3.86. The molecule has 1 saturated carbocycles. The highest BCUT2D eigenvalue weighted by atomic mass is 32.2. The van der Waals surface area contributed by atoms with Crippen LogP contribution in [0, 0.1) is 12.8 Å². The lowest BCUT2D eigenvalue weighted by Crippen LogP contribution is -2.46. The van der Waals surface area contributed by atoms with Crippen molar-refractivity contribution in [1.82, 2.24) is 9.88 Å². The number of hydrogen-bond donors (Lipinski definition) is 2. The molecule has 1 aliphatic carbocycles. The maximum Gasteiger partial charge on any atom is 0.217 e. The number of hydrogen-bond acceptors (Lipinski definition) is 5. The Labute approximate surface area is 119 Å². The summed E-state index contributed by atoms with van der Waals surface area (Å²) in [5, 5.41) is 14.1. The Morgan fingerprint density at radius 2 is 2.35 bits per heavy atom. The van der Waals surface area contributed by atoms with Crippen molar-refractivity contribution in [2.24, 2.45) is 5.92 Å². The molecule has 6 nitrogen and oxygen atoms in total. The van der Waals surface area contributed by atoms with Gasteiger partial charge in [0.05, 0.1) is 5.60 Å². The highest BCUT2D eigenvalue weighted by Crippen LogP contribution is 2.31. The molecular weight excluding hydrogens is 280 g/mol. The maximum atomic E-state index is 12.0. The Morgan fingerprint density at radius 1 is 1.60 bits per heavy atom. The van der Waals surface area contributed by atoms with Crippen molar-refractivity contribution in [3.63, 3.8) is 0 Å². The quantitative estimate of drug-likeness (QED) is 0.856. The van der Waals surface area contributed by atoms with Gasteiger partial charge in [0.25, 0.3) is 0 Å². The number of nitrogens with zero attached hydrogens (tertiary/aromatic N) is 1. The molecule has 2 atom stereocenters. The Hall–Kier alpha value is -0.920. The van der Waals surface area contributed by atoms with Crippen LogP contribution in [0.1, 0.15) is 44.1 Å². The third kappa shape index (κ3) is 4.29. The summed E-state index contributed by atoms with van der Waals surface area (Å²) < 4.78 is 31.3. The molecule has 7 heteroatoms. The highest BCUT2D eigenvalue weighted by Gasteiger charge is 2.33. The van der Waals surface area contributed by atoms with E-state index < -0.39 is 15.6 Å². The lowest BCUT2D eigenvalue weighted by molar-refractivity contribution is -0.00752. The van der Waals surface area contributed by atoms with E-state index in [0.29, 0.717) is 30.2 Å². The maximum absolute atomic E-state index is 12.0. The molecule has 1 aliphatic rings. The fraction of sp³-hybridized carbons (Fsp3) is 0.769. The standard InChI is InChI=1S/C13H22N2O4S/c1-10-4-3-5-13(16,7-10)9-14-20(17,18)8-12-6-11(2)19-15-12/h6,10,14,16H,3-5,7-9H2,1-2H3.